The summed E-state index contributed by atoms with van der Waals surface area (Å²) in [6, 6.07) is 3.68. The second kappa shape index (κ2) is 7.24. The Balaban J connectivity index is 2.50. The first-order valence-electron chi connectivity index (χ1n) is 6.58. The van der Waals surface area contributed by atoms with Crippen LogP contribution in [-0.2, 0) is 16.1 Å². The molecule has 1 rings (SSSR count). The topological polar surface area (TPSA) is 38.3 Å². The molecule has 1 atom stereocenters. The number of ether oxygens (including phenoxy) is 1. The number of aryl methyl sites for hydroxylation is 2. The lowest BCUT2D eigenvalue weighted by molar-refractivity contribution is -0.143. The molecule has 1 aromatic carbocycles. The number of hydrogen-bond acceptors (Lipinski definition) is 3. The maximum atomic E-state index is 13.5. The lowest BCUT2D eigenvalue weighted by Crippen LogP contribution is -2.28. The zero-order valence-electron chi connectivity index (χ0n) is 12.0. The predicted octanol–water partition coefficient (Wildman–Crippen LogP) is 2.87. The number of halogens is 1. The van der Waals surface area contributed by atoms with Gasteiger partial charge in [0.1, 0.15) is 5.82 Å². The maximum Gasteiger partial charge on any atom is 0.307 e. The molecule has 0 heterocycles. The molecule has 1 unspecified atom stereocenters. The van der Waals surface area contributed by atoms with Crippen molar-refractivity contribution < 1.29 is 13.9 Å². The van der Waals surface area contributed by atoms with Crippen LogP contribution >= 0.6 is 0 Å². The summed E-state index contributed by atoms with van der Waals surface area (Å²) in [6.07, 6.45) is 0.340. The quantitative estimate of drug-likeness (QED) is 0.805. The van der Waals surface area contributed by atoms with E-state index in [0.717, 1.165) is 5.56 Å². The first-order valence-corrected chi connectivity index (χ1v) is 6.58. The van der Waals surface area contributed by atoms with Crippen LogP contribution in [0.4, 0.5) is 4.39 Å². The Morgan fingerprint density at radius 3 is 2.47 bits per heavy atom. The van der Waals surface area contributed by atoms with Crippen LogP contribution in [0.5, 0.6) is 0 Å². The van der Waals surface area contributed by atoms with Gasteiger partial charge in [0.15, 0.2) is 0 Å². The monoisotopic (exact) mass is 267 g/mol. The van der Waals surface area contributed by atoms with Gasteiger partial charge in [0.2, 0.25) is 0 Å². The summed E-state index contributed by atoms with van der Waals surface area (Å²) >= 11 is 0. The van der Waals surface area contributed by atoms with E-state index in [-0.39, 0.29) is 17.8 Å². The minimum absolute atomic E-state index is 0.0321. The van der Waals surface area contributed by atoms with Crippen molar-refractivity contribution in [1.29, 1.82) is 0 Å². The summed E-state index contributed by atoms with van der Waals surface area (Å²) in [5.41, 5.74) is 2.32. The molecular formula is C15H22FNO2. The van der Waals surface area contributed by atoms with Crippen molar-refractivity contribution in [3.8, 4) is 0 Å². The van der Waals surface area contributed by atoms with Gasteiger partial charge < -0.3 is 10.1 Å². The molecule has 0 spiro atoms. The third-order valence-electron chi connectivity index (χ3n) is 2.93. The summed E-state index contributed by atoms with van der Waals surface area (Å²) < 4.78 is 18.4. The molecule has 0 aliphatic carbocycles. The predicted molar refractivity (Wildman–Crippen MR) is 73.4 cm³/mol. The average molecular weight is 267 g/mol. The van der Waals surface area contributed by atoms with Gasteiger partial charge in [-0.25, -0.2) is 4.39 Å². The van der Waals surface area contributed by atoms with Crippen LogP contribution in [-0.4, -0.2) is 18.6 Å². The Hall–Kier alpha value is -1.42. The molecule has 0 aliphatic heterocycles. The van der Waals surface area contributed by atoms with Crippen molar-refractivity contribution >= 4 is 5.97 Å². The van der Waals surface area contributed by atoms with Crippen LogP contribution < -0.4 is 5.32 Å². The lowest BCUT2D eigenvalue weighted by Gasteiger charge is -2.14. The number of esters is 1. The van der Waals surface area contributed by atoms with Crippen molar-refractivity contribution in [3.63, 3.8) is 0 Å². The van der Waals surface area contributed by atoms with Gasteiger partial charge in [-0.15, -0.1) is 0 Å². The number of nitrogens with one attached hydrogen (secondary N) is 1. The number of hydrogen-bond donors (Lipinski definition) is 1. The zero-order valence-corrected chi connectivity index (χ0v) is 12.0. The highest BCUT2D eigenvalue weighted by atomic mass is 19.1. The average Bonchev–Trinajstić information content (AvgIpc) is 2.33. The smallest absolute Gasteiger partial charge is 0.307 e. The molecule has 1 N–H and O–H groups in total. The molecule has 0 amide bonds. The van der Waals surface area contributed by atoms with Crippen molar-refractivity contribution in [1.82, 2.24) is 5.32 Å². The van der Waals surface area contributed by atoms with Gasteiger partial charge in [-0.2, -0.15) is 0 Å². The summed E-state index contributed by atoms with van der Waals surface area (Å²) in [7, 11) is 0. The first-order chi connectivity index (χ1) is 8.93. The maximum absolute atomic E-state index is 13.5. The largest absolute Gasteiger partial charge is 0.466 e. The van der Waals surface area contributed by atoms with Crippen molar-refractivity contribution in [2.45, 2.75) is 46.7 Å². The summed E-state index contributed by atoms with van der Waals surface area (Å²) in [4.78, 5) is 11.3. The highest BCUT2D eigenvalue weighted by molar-refractivity contribution is 5.70. The van der Waals surface area contributed by atoms with E-state index in [1.54, 1.807) is 20.8 Å². The van der Waals surface area contributed by atoms with Crippen LogP contribution in [0.1, 0.15) is 37.0 Å². The molecule has 0 saturated carbocycles. The van der Waals surface area contributed by atoms with E-state index in [2.05, 4.69) is 5.32 Å². The number of rotatable bonds is 6. The van der Waals surface area contributed by atoms with Crippen molar-refractivity contribution in [2.75, 3.05) is 6.61 Å². The summed E-state index contributed by atoms with van der Waals surface area (Å²) in [6.45, 7) is 8.26. The van der Waals surface area contributed by atoms with Crippen LogP contribution in [0.15, 0.2) is 12.1 Å². The van der Waals surface area contributed by atoms with Gasteiger partial charge in [0.25, 0.3) is 0 Å². The van der Waals surface area contributed by atoms with E-state index in [1.165, 1.54) is 0 Å². The van der Waals surface area contributed by atoms with E-state index < -0.39 is 0 Å². The highest BCUT2D eigenvalue weighted by Crippen LogP contribution is 2.14. The van der Waals surface area contributed by atoms with Gasteiger partial charge >= 0.3 is 5.97 Å². The third-order valence-corrected chi connectivity index (χ3v) is 2.93. The molecule has 19 heavy (non-hydrogen) atoms. The van der Waals surface area contributed by atoms with Gasteiger partial charge in [0.05, 0.1) is 13.0 Å². The van der Waals surface area contributed by atoms with Crippen LogP contribution in [0.2, 0.25) is 0 Å². The SMILES string of the molecule is CCOC(=O)CC(C)NCc1cc(C)c(F)c(C)c1. The fourth-order valence-electron chi connectivity index (χ4n) is 1.97. The normalized spacial score (nSPS) is 12.3. The molecule has 1 aromatic rings. The Morgan fingerprint density at radius 1 is 1.37 bits per heavy atom. The Kier molecular flexibility index (Phi) is 5.96. The van der Waals surface area contributed by atoms with Crippen LogP contribution in [0.25, 0.3) is 0 Å². The van der Waals surface area contributed by atoms with E-state index in [0.29, 0.717) is 30.7 Å². The summed E-state index contributed by atoms with van der Waals surface area (Å²) in [5, 5.41) is 3.24. The fourth-order valence-corrected chi connectivity index (χ4v) is 1.97. The molecule has 106 valence electrons. The molecule has 0 fully saturated rings. The fraction of sp³-hybridized carbons (Fsp3) is 0.533. The van der Waals surface area contributed by atoms with Crippen LogP contribution in [0.3, 0.4) is 0 Å². The summed E-state index contributed by atoms with van der Waals surface area (Å²) in [5.74, 6) is -0.350. The van der Waals surface area contributed by atoms with Crippen LogP contribution in [0, 0.1) is 19.7 Å². The first kappa shape index (κ1) is 15.6. The molecular weight excluding hydrogens is 245 g/mol. The number of benzene rings is 1. The zero-order chi connectivity index (χ0) is 14.4. The third kappa shape index (κ3) is 4.99. The number of carbonyl (C=O) groups is 1. The van der Waals surface area contributed by atoms with Gasteiger partial charge in [0, 0.05) is 12.6 Å². The minimum Gasteiger partial charge on any atom is -0.466 e. The minimum atomic E-state index is -0.200. The molecule has 3 nitrogen and oxygen atoms in total. The Morgan fingerprint density at radius 2 is 1.95 bits per heavy atom. The molecule has 0 saturated heterocycles. The standard InChI is InChI=1S/C15H22FNO2/c1-5-19-14(18)8-12(4)17-9-13-6-10(2)15(16)11(3)7-13/h6-7,12,17H,5,8-9H2,1-4H3. The second-order valence-electron chi connectivity index (χ2n) is 4.83. The van der Waals surface area contributed by atoms with E-state index in [4.69, 9.17) is 4.74 Å². The van der Waals surface area contributed by atoms with Gasteiger partial charge in [-0.1, -0.05) is 12.1 Å². The molecule has 0 radical (unpaired) electrons. The van der Waals surface area contributed by atoms with E-state index in [1.807, 2.05) is 19.1 Å². The Bertz CT molecular complexity index is 423. The van der Waals surface area contributed by atoms with E-state index in [9.17, 15) is 9.18 Å². The second-order valence-corrected chi connectivity index (χ2v) is 4.83. The molecule has 0 aromatic heterocycles. The molecule has 4 heteroatoms. The number of carbonyl (C=O) groups excluding carboxylic acids is 1. The van der Waals surface area contributed by atoms with Gasteiger partial charge in [-0.3, -0.25) is 4.79 Å². The van der Waals surface area contributed by atoms with Crippen molar-refractivity contribution in [3.05, 3.63) is 34.6 Å². The lowest BCUT2D eigenvalue weighted by atomic mass is 10.1. The molecule has 0 bridgehead atoms. The van der Waals surface area contributed by atoms with E-state index >= 15 is 0 Å². The van der Waals surface area contributed by atoms with Gasteiger partial charge in [-0.05, 0) is 44.4 Å². The Labute approximate surface area is 114 Å². The molecule has 0 aliphatic rings. The van der Waals surface area contributed by atoms with Crippen molar-refractivity contribution in [2.24, 2.45) is 0 Å². The highest BCUT2D eigenvalue weighted by Gasteiger charge is 2.10.